The summed E-state index contributed by atoms with van der Waals surface area (Å²) in [5, 5.41) is 14.2. The fourth-order valence-electron chi connectivity index (χ4n) is 2.11. The molecule has 0 spiro atoms. The SMILES string of the molecule is CCCCC(CC)CNc1cc(OC)cc([N+](=O)[O-])c1. The highest BCUT2D eigenvalue weighted by Crippen LogP contribution is 2.26. The standard InChI is InChI=1S/C15H24N2O3/c1-4-6-7-12(5-2)11-16-13-8-14(17(18)19)10-15(9-13)20-3/h8-10,12,16H,4-7,11H2,1-3H3. The first-order valence-electron chi connectivity index (χ1n) is 7.18. The maximum Gasteiger partial charge on any atom is 0.275 e. The molecular weight excluding hydrogens is 256 g/mol. The Labute approximate surface area is 120 Å². The molecule has 0 amide bonds. The van der Waals surface area contributed by atoms with Crippen LogP contribution >= 0.6 is 0 Å². The number of benzene rings is 1. The van der Waals surface area contributed by atoms with Crippen LogP contribution in [0.15, 0.2) is 18.2 Å². The average Bonchev–Trinajstić information content (AvgIpc) is 2.47. The van der Waals surface area contributed by atoms with Crippen molar-refractivity contribution in [2.45, 2.75) is 39.5 Å². The van der Waals surface area contributed by atoms with E-state index in [0.29, 0.717) is 11.7 Å². The summed E-state index contributed by atoms with van der Waals surface area (Å²) >= 11 is 0. The monoisotopic (exact) mass is 280 g/mol. The molecule has 1 unspecified atom stereocenters. The second-order valence-corrected chi connectivity index (χ2v) is 4.97. The lowest BCUT2D eigenvalue weighted by Gasteiger charge is -2.16. The largest absolute Gasteiger partial charge is 0.496 e. The molecule has 0 heterocycles. The molecule has 0 aliphatic rings. The number of nitrogens with one attached hydrogen (secondary N) is 1. The van der Waals surface area contributed by atoms with E-state index in [1.165, 1.54) is 32.4 Å². The van der Waals surface area contributed by atoms with Gasteiger partial charge in [0.2, 0.25) is 0 Å². The Kier molecular flexibility index (Phi) is 6.84. The molecular formula is C15H24N2O3. The van der Waals surface area contributed by atoms with Crippen LogP contribution in [0.4, 0.5) is 11.4 Å². The minimum absolute atomic E-state index is 0.0495. The summed E-state index contributed by atoms with van der Waals surface area (Å²) in [6, 6.07) is 4.77. The predicted molar refractivity (Wildman–Crippen MR) is 81.4 cm³/mol. The summed E-state index contributed by atoms with van der Waals surface area (Å²) in [6.07, 6.45) is 4.71. The van der Waals surface area contributed by atoms with Crippen LogP contribution in [0.1, 0.15) is 39.5 Å². The predicted octanol–water partition coefficient (Wildman–Crippen LogP) is 4.23. The van der Waals surface area contributed by atoms with Crippen molar-refractivity contribution in [1.82, 2.24) is 0 Å². The molecule has 1 rings (SSSR count). The van der Waals surface area contributed by atoms with Gasteiger partial charge in [-0.3, -0.25) is 10.1 Å². The maximum atomic E-state index is 10.9. The molecule has 0 aromatic heterocycles. The molecule has 112 valence electrons. The van der Waals surface area contributed by atoms with E-state index in [0.717, 1.165) is 18.7 Å². The smallest absolute Gasteiger partial charge is 0.275 e. The van der Waals surface area contributed by atoms with Crippen molar-refractivity contribution in [2.75, 3.05) is 19.0 Å². The van der Waals surface area contributed by atoms with Crippen molar-refractivity contribution in [3.63, 3.8) is 0 Å². The molecule has 0 fully saturated rings. The highest BCUT2D eigenvalue weighted by atomic mass is 16.6. The first-order chi connectivity index (χ1) is 9.60. The number of hydrogen-bond acceptors (Lipinski definition) is 4. The highest BCUT2D eigenvalue weighted by Gasteiger charge is 2.11. The van der Waals surface area contributed by atoms with E-state index < -0.39 is 4.92 Å². The molecule has 5 nitrogen and oxygen atoms in total. The normalized spacial score (nSPS) is 11.9. The Morgan fingerprint density at radius 2 is 2.10 bits per heavy atom. The summed E-state index contributed by atoms with van der Waals surface area (Å²) in [6.45, 7) is 5.20. The summed E-state index contributed by atoms with van der Waals surface area (Å²) in [4.78, 5) is 10.5. The van der Waals surface area contributed by atoms with E-state index in [1.807, 2.05) is 0 Å². The Morgan fingerprint density at radius 3 is 2.65 bits per heavy atom. The Balaban J connectivity index is 2.70. The summed E-state index contributed by atoms with van der Waals surface area (Å²) in [5.41, 5.74) is 0.791. The van der Waals surface area contributed by atoms with Gasteiger partial charge in [0.25, 0.3) is 5.69 Å². The van der Waals surface area contributed by atoms with Crippen LogP contribution in [0, 0.1) is 16.0 Å². The maximum absolute atomic E-state index is 10.9. The second kappa shape index (κ2) is 8.40. The number of nitrogens with zero attached hydrogens (tertiary/aromatic N) is 1. The third kappa shape index (κ3) is 5.07. The summed E-state index contributed by atoms with van der Waals surface area (Å²) in [5.74, 6) is 1.10. The number of methoxy groups -OCH3 is 1. The van der Waals surface area contributed by atoms with E-state index in [-0.39, 0.29) is 5.69 Å². The van der Waals surface area contributed by atoms with Crippen molar-refractivity contribution >= 4 is 11.4 Å². The summed E-state index contributed by atoms with van der Waals surface area (Å²) < 4.78 is 5.10. The van der Waals surface area contributed by atoms with Crippen LogP contribution in [0.25, 0.3) is 0 Å². The minimum Gasteiger partial charge on any atom is -0.496 e. The third-order valence-corrected chi connectivity index (χ3v) is 3.48. The molecule has 20 heavy (non-hydrogen) atoms. The van der Waals surface area contributed by atoms with Gasteiger partial charge in [0.15, 0.2) is 0 Å². The van der Waals surface area contributed by atoms with Gasteiger partial charge in [0.05, 0.1) is 18.1 Å². The van der Waals surface area contributed by atoms with Crippen molar-refractivity contribution in [3.05, 3.63) is 28.3 Å². The summed E-state index contributed by atoms with van der Waals surface area (Å²) in [7, 11) is 1.51. The fourth-order valence-corrected chi connectivity index (χ4v) is 2.11. The molecule has 1 N–H and O–H groups in total. The first-order valence-corrected chi connectivity index (χ1v) is 7.18. The van der Waals surface area contributed by atoms with Crippen LogP contribution in [0.2, 0.25) is 0 Å². The van der Waals surface area contributed by atoms with Gasteiger partial charge in [0, 0.05) is 24.4 Å². The van der Waals surface area contributed by atoms with Gasteiger partial charge in [-0.15, -0.1) is 0 Å². The van der Waals surface area contributed by atoms with Gasteiger partial charge < -0.3 is 10.1 Å². The Morgan fingerprint density at radius 1 is 1.35 bits per heavy atom. The molecule has 0 radical (unpaired) electrons. The van der Waals surface area contributed by atoms with Gasteiger partial charge in [-0.1, -0.05) is 33.1 Å². The molecule has 5 heteroatoms. The Hall–Kier alpha value is -1.78. The number of ether oxygens (including phenoxy) is 1. The minimum atomic E-state index is -0.401. The van der Waals surface area contributed by atoms with Gasteiger partial charge in [-0.25, -0.2) is 0 Å². The van der Waals surface area contributed by atoms with E-state index in [4.69, 9.17) is 4.74 Å². The molecule has 1 atom stereocenters. The Bertz CT molecular complexity index is 435. The van der Waals surface area contributed by atoms with Crippen molar-refractivity contribution in [2.24, 2.45) is 5.92 Å². The number of non-ortho nitro benzene ring substituents is 1. The number of anilines is 1. The van der Waals surface area contributed by atoms with Crippen LogP contribution in [0.5, 0.6) is 5.75 Å². The topological polar surface area (TPSA) is 64.4 Å². The lowest BCUT2D eigenvalue weighted by molar-refractivity contribution is -0.384. The number of nitro groups is 1. The highest BCUT2D eigenvalue weighted by molar-refractivity contribution is 5.56. The van der Waals surface area contributed by atoms with Gasteiger partial charge in [0.1, 0.15) is 5.75 Å². The average molecular weight is 280 g/mol. The zero-order chi connectivity index (χ0) is 15.0. The van der Waals surface area contributed by atoms with E-state index in [9.17, 15) is 10.1 Å². The van der Waals surface area contributed by atoms with Crippen LogP contribution < -0.4 is 10.1 Å². The lowest BCUT2D eigenvalue weighted by Crippen LogP contribution is -2.13. The van der Waals surface area contributed by atoms with Crippen molar-refractivity contribution in [3.8, 4) is 5.75 Å². The first kappa shape index (κ1) is 16.3. The van der Waals surface area contributed by atoms with E-state index >= 15 is 0 Å². The van der Waals surface area contributed by atoms with Crippen LogP contribution in [-0.2, 0) is 0 Å². The molecule has 1 aromatic rings. The van der Waals surface area contributed by atoms with Gasteiger partial charge >= 0.3 is 0 Å². The number of nitro benzene ring substituents is 1. The van der Waals surface area contributed by atoms with Crippen LogP contribution in [-0.4, -0.2) is 18.6 Å². The van der Waals surface area contributed by atoms with E-state index in [2.05, 4.69) is 19.2 Å². The lowest BCUT2D eigenvalue weighted by atomic mass is 9.99. The second-order valence-electron chi connectivity index (χ2n) is 4.97. The number of unbranched alkanes of at least 4 members (excludes halogenated alkanes) is 1. The fraction of sp³-hybridized carbons (Fsp3) is 0.600. The third-order valence-electron chi connectivity index (χ3n) is 3.48. The molecule has 0 aliphatic heterocycles. The van der Waals surface area contributed by atoms with E-state index in [1.54, 1.807) is 12.1 Å². The number of rotatable bonds is 9. The molecule has 0 bridgehead atoms. The molecule has 0 aliphatic carbocycles. The quantitative estimate of drug-likeness (QED) is 0.543. The van der Waals surface area contributed by atoms with Crippen molar-refractivity contribution in [1.29, 1.82) is 0 Å². The molecule has 0 saturated carbocycles. The van der Waals surface area contributed by atoms with Crippen LogP contribution in [0.3, 0.4) is 0 Å². The van der Waals surface area contributed by atoms with Crippen molar-refractivity contribution < 1.29 is 9.66 Å². The zero-order valence-corrected chi connectivity index (χ0v) is 12.5. The van der Waals surface area contributed by atoms with Gasteiger partial charge in [-0.05, 0) is 12.3 Å². The molecule has 1 aromatic carbocycles. The molecule has 0 saturated heterocycles. The zero-order valence-electron chi connectivity index (χ0n) is 12.5. The number of hydrogen-bond donors (Lipinski definition) is 1. The van der Waals surface area contributed by atoms with Gasteiger partial charge in [-0.2, -0.15) is 0 Å².